The van der Waals surface area contributed by atoms with Gasteiger partial charge in [0.2, 0.25) is 0 Å². The normalized spacial score (nSPS) is 13.1. The van der Waals surface area contributed by atoms with Crippen LogP contribution in [0.2, 0.25) is 0 Å². The molecule has 0 spiro atoms. The summed E-state index contributed by atoms with van der Waals surface area (Å²) in [4.78, 5) is 2.89. The fourth-order valence-electron chi connectivity index (χ4n) is 2.02. The molecule has 5 nitrogen and oxygen atoms in total. The van der Waals surface area contributed by atoms with Crippen LogP contribution in [0.1, 0.15) is 32.2 Å². The van der Waals surface area contributed by atoms with Crippen LogP contribution in [0, 0.1) is 4.77 Å². The van der Waals surface area contributed by atoms with Crippen LogP contribution in [-0.2, 0) is 11.8 Å². The zero-order valence-electron chi connectivity index (χ0n) is 12.6. The molecule has 0 radical (unpaired) electrons. The molecule has 1 atom stereocenters. The lowest BCUT2D eigenvalue weighted by molar-refractivity contribution is 0.185. The average molecular weight is 306 g/mol. The first-order chi connectivity index (χ1) is 9.84. The molecule has 0 fully saturated rings. The van der Waals surface area contributed by atoms with Crippen molar-refractivity contribution in [3.05, 3.63) is 40.4 Å². The molecule has 0 aliphatic rings. The van der Waals surface area contributed by atoms with Crippen molar-refractivity contribution in [2.24, 2.45) is 0 Å². The van der Waals surface area contributed by atoms with Gasteiger partial charge in [-0.1, -0.05) is 32.9 Å². The molecule has 0 saturated carbocycles. The Labute approximate surface area is 129 Å². The van der Waals surface area contributed by atoms with Crippen LogP contribution >= 0.6 is 12.2 Å². The summed E-state index contributed by atoms with van der Waals surface area (Å²) in [5.74, 6) is 0.664. The van der Waals surface area contributed by atoms with Crippen LogP contribution < -0.4 is 5.32 Å². The van der Waals surface area contributed by atoms with E-state index in [0.717, 1.165) is 5.69 Å². The second-order valence-electron chi connectivity index (χ2n) is 6.19. The smallest absolute Gasteiger partial charge is 0.192 e. The van der Waals surface area contributed by atoms with Gasteiger partial charge in [-0.3, -0.25) is 5.10 Å². The summed E-state index contributed by atoms with van der Waals surface area (Å²) >= 11 is 4.90. The van der Waals surface area contributed by atoms with E-state index >= 15 is 0 Å². The summed E-state index contributed by atoms with van der Waals surface area (Å²) in [5, 5.41) is 19.8. The van der Waals surface area contributed by atoms with E-state index in [-0.39, 0.29) is 5.41 Å². The first kappa shape index (κ1) is 15.7. The van der Waals surface area contributed by atoms with Gasteiger partial charge >= 0.3 is 0 Å². The Hall–Kier alpha value is -1.66. The van der Waals surface area contributed by atoms with Gasteiger partial charge in [0.1, 0.15) is 5.82 Å². The molecule has 2 aromatic rings. The standard InChI is InChI=1S/C15H22N4OS/c1-15(2,3)10-4-6-11(7-5-10)16-9-12(20)8-13-17-14(21)19-18-13/h4-7,12,16,20H,8-9H2,1-3H3,(H2,17,18,19,21). The number of nitrogens with one attached hydrogen (secondary N) is 3. The van der Waals surface area contributed by atoms with E-state index in [9.17, 15) is 5.11 Å². The van der Waals surface area contributed by atoms with Crippen molar-refractivity contribution in [2.45, 2.75) is 38.7 Å². The molecule has 0 aliphatic heterocycles. The third-order valence-corrected chi connectivity index (χ3v) is 3.47. The molecule has 114 valence electrons. The number of aromatic amines is 2. The molecule has 1 aromatic carbocycles. The summed E-state index contributed by atoms with van der Waals surface area (Å²) in [6.45, 7) is 7.02. The zero-order chi connectivity index (χ0) is 15.5. The number of aliphatic hydroxyl groups is 1. The van der Waals surface area contributed by atoms with Crippen LogP contribution in [0.15, 0.2) is 24.3 Å². The SMILES string of the molecule is CC(C)(C)c1ccc(NCC(O)Cc2n[nH]c(=S)[nH]2)cc1. The van der Waals surface area contributed by atoms with Crippen LogP contribution in [0.25, 0.3) is 0 Å². The number of benzene rings is 1. The zero-order valence-corrected chi connectivity index (χ0v) is 13.4. The third-order valence-electron chi connectivity index (χ3n) is 3.27. The molecular weight excluding hydrogens is 284 g/mol. The van der Waals surface area contributed by atoms with Crippen LogP contribution in [-0.4, -0.2) is 32.9 Å². The molecule has 0 aliphatic carbocycles. The molecule has 1 heterocycles. The predicted molar refractivity (Wildman–Crippen MR) is 87.1 cm³/mol. The Bertz CT molecular complexity index is 624. The number of H-pyrrole nitrogens is 2. The molecule has 4 N–H and O–H groups in total. The van der Waals surface area contributed by atoms with Gasteiger partial charge in [0, 0.05) is 18.7 Å². The monoisotopic (exact) mass is 306 g/mol. The third kappa shape index (κ3) is 4.68. The number of hydrogen-bond donors (Lipinski definition) is 4. The average Bonchev–Trinajstić information content (AvgIpc) is 2.81. The van der Waals surface area contributed by atoms with Gasteiger partial charge in [-0.2, -0.15) is 5.10 Å². The molecule has 0 amide bonds. The van der Waals surface area contributed by atoms with Crippen molar-refractivity contribution in [2.75, 3.05) is 11.9 Å². The summed E-state index contributed by atoms with van der Waals surface area (Å²) < 4.78 is 0.475. The quantitative estimate of drug-likeness (QED) is 0.641. The van der Waals surface area contributed by atoms with Crippen LogP contribution in [0.5, 0.6) is 0 Å². The molecule has 2 rings (SSSR count). The minimum atomic E-state index is -0.527. The van der Waals surface area contributed by atoms with E-state index in [2.05, 4.69) is 53.4 Å². The van der Waals surface area contributed by atoms with Crippen molar-refractivity contribution < 1.29 is 5.11 Å². The largest absolute Gasteiger partial charge is 0.391 e. The van der Waals surface area contributed by atoms with E-state index in [4.69, 9.17) is 12.2 Å². The Balaban J connectivity index is 1.86. The second-order valence-corrected chi connectivity index (χ2v) is 6.60. The maximum Gasteiger partial charge on any atom is 0.192 e. The minimum absolute atomic E-state index is 0.149. The van der Waals surface area contributed by atoms with Crippen molar-refractivity contribution in [1.82, 2.24) is 15.2 Å². The highest BCUT2D eigenvalue weighted by molar-refractivity contribution is 7.71. The molecule has 0 bridgehead atoms. The van der Waals surface area contributed by atoms with Crippen molar-refractivity contribution in [3.8, 4) is 0 Å². The summed E-state index contributed by atoms with van der Waals surface area (Å²) in [6.07, 6.45) is -0.0959. The van der Waals surface area contributed by atoms with Crippen LogP contribution in [0.4, 0.5) is 5.69 Å². The molecular formula is C15H22N4OS. The molecule has 6 heteroatoms. The number of hydrogen-bond acceptors (Lipinski definition) is 4. The van der Waals surface area contributed by atoms with Crippen LogP contribution in [0.3, 0.4) is 0 Å². The second kappa shape index (κ2) is 6.41. The highest BCUT2D eigenvalue weighted by Gasteiger charge is 2.13. The maximum atomic E-state index is 9.99. The maximum absolute atomic E-state index is 9.99. The fraction of sp³-hybridized carbons (Fsp3) is 0.467. The van der Waals surface area contributed by atoms with Gasteiger partial charge in [0.05, 0.1) is 6.10 Å². The number of aromatic nitrogens is 3. The van der Waals surface area contributed by atoms with E-state index in [1.165, 1.54) is 5.56 Å². The fourth-order valence-corrected chi connectivity index (χ4v) is 2.18. The van der Waals surface area contributed by atoms with Crippen molar-refractivity contribution in [1.29, 1.82) is 0 Å². The summed E-state index contributed by atoms with van der Waals surface area (Å²) in [7, 11) is 0. The number of anilines is 1. The van der Waals surface area contributed by atoms with Gasteiger partial charge in [0.15, 0.2) is 4.77 Å². The van der Waals surface area contributed by atoms with Gasteiger partial charge in [-0.25, -0.2) is 0 Å². The molecule has 21 heavy (non-hydrogen) atoms. The molecule has 1 unspecified atom stereocenters. The van der Waals surface area contributed by atoms with Gasteiger partial charge in [-0.05, 0) is 35.3 Å². The van der Waals surface area contributed by atoms with Crippen molar-refractivity contribution >= 4 is 17.9 Å². The minimum Gasteiger partial charge on any atom is -0.391 e. The van der Waals surface area contributed by atoms with Gasteiger partial charge in [-0.15, -0.1) is 0 Å². The lowest BCUT2D eigenvalue weighted by Crippen LogP contribution is -2.22. The van der Waals surface area contributed by atoms with Gasteiger partial charge < -0.3 is 15.4 Å². The van der Waals surface area contributed by atoms with Gasteiger partial charge in [0.25, 0.3) is 0 Å². The Morgan fingerprint density at radius 2 is 1.95 bits per heavy atom. The first-order valence-electron chi connectivity index (χ1n) is 7.00. The van der Waals surface area contributed by atoms with E-state index in [1.807, 2.05) is 12.1 Å². The lowest BCUT2D eigenvalue weighted by atomic mass is 9.87. The summed E-state index contributed by atoms with van der Waals surface area (Å²) in [5.41, 5.74) is 2.44. The number of aliphatic hydroxyl groups excluding tert-OH is 1. The van der Waals surface area contributed by atoms with E-state index in [1.54, 1.807) is 0 Å². The lowest BCUT2D eigenvalue weighted by Gasteiger charge is -2.19. The highest BCUT2D eigenvalue weighted by Crippen LogP contribution is 2.23. The Morgan fingerprint density at radius 1 is 1.29 bits per heavy atom. The highest BCUT2D eigenvalue weighted by atomic mass is 32.1. The first-order valence-corrected chi connectivity index (χ1v) is 7.41. The van der Waals surface area contributed by atoms with E-state index in [0.29, 0.717) is 23.6 Å². The number of rotatable bonds is 5. The predicted octanol–water partition coefficient (Wildman–Crippen LogP) is 2.78. The van der Waals surface area contributed by atoms with Crippen molar-refractivity contribution in [3.63, 3.8) is 0 Å². The Morgan fingerprint density at radius 3 is 2.48 bits per heavy atom. The topological polar surface area (TPSA) is 76.7 Å². The molecule has 1 aromatic heterocycles. The van der Waals surface area contributed by atoms with E-state index < -0.39 is 6.10 Å². The molecule has 0 saturated heterocycles. The number of nitrogens with zero attached hydrogens (tertiary/aromatic N) is 1. The summed E-state index contributed by atoms with van der Waals surface area (Å²) in [6, 6.07) is 8.30. The Kier molecular flexibility index (Phi) is 4.80.